The molecule has 126 valence electrons. The summed E-state index contributed by atoms with van der Waals surface area (Å²) in [5.74, 6) is 1.04. The minimum atomic E-state index is -3.81. The lowest BCUT2D eigenvalue weighted by molar-refractivity contribution is 0.307. The van der Waals surface area contributed by atoms with E-state index >= 15 is 0 Å². The van der Waals surface area contributed by atoms with Crippen LogP contribution in [0.15, 0.2) is 53.7 Å². The Kier molecular flexibility index (Phi) is 4.71. The Morgan fingerprint density at radius 2 is 1.96 bits per heavy atom. The molecule has 1 aliphatic rings. The van der Waals surface area contributed by atoms with E-state index in [-0.39, 0.29) is 5.75 Å². The van der Waals surface area contributed by atoms with Gasteiger partial charge in [-0.05, 0) is 23.8 Å². The number of fused-ring (bicyclic) bond motifs is 1. The Morgan fingerprint density at radius 3 is 2.71 bits per heavy atom. The fourth-order valence-corrected chi connectivity index (χ4v) is 3.24. The van der Waals surface area contributed by atoms with Crippen molar-refractivity contribution < 1.29 is 22.2 Å². The van der Waals surface area contributed by atoms with E-state index in [0.717, 1.165) is 0 Å². The van der Waals surface area contributed by atoms with Crippen molar-refractivity contribution in [1.82, 2.24) is 0 Å². The minimum absolute atomic E-state index is 0.230. The number of hydrogen-bond donors (Lipinski definition) is 0. The zero-order valence-electron chi connectivity index (χ0n) is 13.1. The van der Waals surface area contributed by atoms with Gasteiger partial charge < -0.3 is 9.47 Å². The smallest absolute Gasteiger partial charge is 0.332 e. The number of nitrogens with zero attached hydrogens (tertiary/aromatic N) is 1. The van der Waals surface area contributed by atoms with Crippen molar-refractivity contribution in [1.29, 1.82) is 0 Å². The lowest BCUT2D eigenvalue weighted by Gasteiger charge is -2.19. The molecule has 0 aromatic heterocycles. The summed E-state index contributed by atoms with van der Waals surface area (Å²) >= 11 is 0. The van der Waals surface area contributed by atoms with E-state index in [0.29, 0.717) is 41.4 Å². The lowest BCUT2D eigenvalue weighted by atomic mass is 10.0. The number of ether oxygens (including phenoxy) is 2. The number of methoxy groups -OCH3 is 1. The standard InChI is InChI=1S/C17H17NO5S/c1-21-14-7-8-17-15(11-14)16(9-10-22-17)18-23-24(19,20)12-13-5-3-2-4-6-13/h2-8,11H,9-10,12H2,1H3/b18-16-. The molecule has 0 spiro atoms. The van der Waals surface area contributed by atoms with Crippen LogP contribution in [0, 0.1) is 0 Å². The maximum atomic E-state index is 12.1. The van der Waals surface area contributed by atoms with E-state index in [2.05, 4.69) is 5.16 Å². The molecule has 1 aliphatic heterocycles. The van der Waals surface area contributed by atoms with Gasteiger partial charge in [0.1, 0.15) is 17.3 Å². The highest BCUT2D eigenvalue weighted by molar-refractivity contribution is 7.85. The zero-order valence-corrected chi connectivity index (χ0v) is 14.0. The third kappa shape index (κ3) is 3.86. The van der Waals surface area contributed by atoms with Gasteiger partial charge in [-0.25, -0.2) is 0 Å². The van der Waals surface area contributed by atoms with Crippen molar-refractivity contribution in [3.8, 4) is 11.5 Å². The first-order chi connectivity index (χ1) is 11.6. The second kappa shape index (κ2) is 6.92. The maximum Gasteiger partial charge on any atom is 0.332 e. The first-order valence-corrected chi connectivity index (χ1v) is 8.98. The Labute approximate surface area is 140 Å². The number of benzene rings is 2. The first-order valence-electron chi connectivity index (χ1n) is 7.41. The van der Waals surface area contributed by atoms with Gasteiger partial charge in [0, 0.05) is 12.0 Å². The molecule has 0 radical (unpaired) electrons. The van der Waals surface area contributed by atoms with E-state index < -0.39 is 10.1 Å². The van der Waals surface area contributed by atoms with E-state index in [4.69, 9.17) is 13.8 Å². The molecule has 2 aromatic carbocycles. The molecule has 1 heterocycles. The van der Waals surface area contributed by atoms with Crippen LogP contribution in [0.5, 0.6) is 11.5 Å². The molecule has 6 nitrogen and oxygen atoms in total. The van der Waals surface area contributed by atoms with Crippen molar-refractivity contribution in [2.45, 2.75) is 12.2 Å². The van der Waals surface area contributed by atoms with Crippen molar-refractivity contribution in [3.05, 3.63) is 59.7 Å². The summed E-state index contributed by atoms with van der Waals surface area (Å²) in [6.07, 6.45) is 0.459. The molecule has 0 N–H and O–H groups in total. The molecule has 7 heteroatoms. The highest BCUT2D eigenvalue weighted by Gasteiger charge is 2.20. The summed E-state index contributed by atoms with van der Waals surface area (Å²) in [4.78, 5) is 0. The van der Waals surface area contributed by atoms with Crippen LogP contribution in [0.1, 0.15) is 17.5 Å². The normalized spacial score (nSPS) is 15.5. The van der Waals surface area contributed by atoms with Crippen LogP contribution < -0.4 is 9.47 Å². The molecule has 0 saturated carbocycles. The second-order valence-electron chi connectivity index (χ2n) is 5.26. The third-order valence-electron chi connectivity index (χ3n) is 3.54. The quantitative estimate of drug-likeness (QED) is 0.778. The van der Waals surface area contributed by atoms with Crippen LogP contribution in [-0.2, 0) is 20.2 Å². The summed E-state index contributed by atoms with van der Waals surface area (Å²) in [6, 6.07) is 14.1. The van der Waals surface area contributed by atoms with Gasteiger partial charge in [0.25, 0.3) is 0 Å². The average Bonchev–Trinajstić information content (AvgIpc) is 2.60. The van der Waals surface area contributed by atoms with Gasteiger partial charge in [-0.15, -0.1) is 0 Å². The van der Waals surface area contributed by atoms with Crippen LogP contribution in [-0.4, -0.2) is 27.8 Å². The molecule has 0 amide bonds. The number of rotatable bonds is 5. The van der Waals surface area contributed by atoms with Crippen molar-refractivity contribution in [2.24, 2.45) is 5.16 Å². The van der Waals surface area contributed by atoms with Gasteiger partial charge in [0.05, 0.1) is 19.4 Å². The van der Waals surface area contributed by atoms with E-state index in [1.54, 1.807) is 49.6 Å². The van der Waals surface area contributed by atoms with Gasteiger partial charge in [-0.2, -0.15) is 8.42 Å². The highest BCUT2D eigenvalue weighted by atomic mass is 32.2. The van der Waals surface area contributed by atoms with E-state index in [1.165, 1.54) is 0 Å². The predicted molar refractivity (Wildman–Crippen MR) is 89.8 cm³/mol. The minimum Gasteiger partial charge on any atom is -0.497 e. The average molecular weight is 347 g/mol. The largest absolute Gasteiger partial charge is 0.497 e. The van der Waals surface area contributed by atoms with Crippen LogP contribution in [0.3, 0.4) is 0 Å². The maximum absolute atomic E-state index is 12.1. The van der Waals surface area contributed by atoms with Gasteiger partial charge in [0.2, 0.25) is 0 Å². The Balaban J connectivity index is 1.80. The van der Waals surface area contributed by atoms with Crippen LogP contribution in [0.2, 0.25) is 0 Å². The van der Waals surface area contributed by atoms with Crippen LogP contribution in [0.25, 0.3) is 0 Å². The Hall–Kier alpha value is -2.54. The zero-order chi connectivity index (χ0) is 17.0. The molecule has 0 atom stereocenters. The summed E-state index contributed by atoms with van der Waals surface area (Å²) in [5.41, 5.74) is 1.84. The number of oxime groups is 1. The summed E-state index contributed by atoms with van der Waals surface area (Å²) < 4.78 is 39.8. The van der Waals surface area contributed by atoms with Gasteiger partial charge in [0.15, 0.2) is 0 Å². The van der Waals surface area contributed by atoms with Crippen LogP contribution in [0.4, 0.5) is 0 Å². The van der Waals surface area contributed by atoms with Crippen molar-refractivity contribution in [3.63, 3.8) is 0 Å². The third-order valence-corrected chi connectivity index (χ3v) is 4.53. The van der Waals surface area contributed by atoms with Gasteiger partial charge in [-0.1, -0.05) is 35.5 Å². The second-order valence-corrected chi connectivity index (χ2v) is 6.81. The lowest BCUT2D eigenvalue weighted by Crippen LogP contribution is -2.17. The summed E-state index contributed by atoms with van der Waals surface area (Å²) in [7, 11) is -2.25. The Bertz CT molecular complexity index is 847. The molecule has 0 unspecified atom stereocenters. The molecular weight excluding hydrogens is 330 g/mol. The fourth-order valence-electron chi connectivity index (χ4n) is 2.38. The first kappa shape index (κ1) is 16.3. The van der Waals surface area contributed by atoms with Gasteiger partial charge in [-0.3, -0.25) is 4.28 Å². The number of hydrogen-bond acceptors (Lipinski definition) is 6. The highest BCUT2D eigenvalue weighted by Crippen LogP contribution is 2.29. The summed E-state index contributed by atoms with van der Waals surface area (Å²) in [6.45, 7) is 0.417. The Morgan fingerprint density at radius 1 is 1.17 bits per heavy atom. The summed E-state index contributed by atoms with van der Waals surface area (Å²) in [5, 5.41) is 3.86. The topological polar surface area (TPSA) is 74.2 Å². The molecule has 0 aliphatic carbocycles. The molecule has 3 rings (SSSR count). The molecule has 0 fully saturated rings. The molecule has 0 bridgehead atoms. The SMILES string of the molecule is COc1ccc2c(c1)/C(=N\OS(=O)(=O)Cc1ccccc1)CCO2. The van der Waals surface area contributed by atoms with Crippen LogP contribution >= 0.6 is 0 Å². The van der Waals surface area contributed by atoms with Crippen molar-refractivity contribution in [2.75, 3.05) is 13.7 Å². The fraction of sp³-hybridized carbons (Fsp3) is 0.235. The van der Waals surface area contributed by atoms with Gasteiger partial charge >= 0.3 is 10.1 Å². The monoisotopic (exact) mass is 347 g/mol. The van der Waals surface area contributed by atoms with E-state index in [9.17, 15) is 8.42 Å². The molecule has 2 aromatic rings. The van der Waals surface area contributed by atoms with E-state index in [1.807, 2.05) is 6.07 Å². The van der Waals surface area contributed by atoms with Crippen molar-refractivity contribution >= 4 is 15.8 Å². The predicted octanol–water partition coefficient (Wildman–Crippen LogP) is 2.73. The molecule has 0 saturated heterocycles. The molecular formula is C17H17NO5S. The molecule has 24 heavy (non-hydrogen) atoms.